The number of nitro benzene ring substituents is 1. The molecule has 2 N–H and O–H groups in total. The van der Waals surface area contributed by atoms with Crippen LogP contribution in [-0.2, 0) is 5.75 Å². The third kappa shape index (κ3) is 6.12. The molecule has 0 saturated carbocycles. The molecular weight excluding hydrogens is 374 g/mol. The van der Waals surface area contributed by atoms with Crippen molar-refractivity contribution in [3.8, 4) is 0 Å². The van der Waals surface area contributed by atoms with Crippen LogP contribution in [0.2, 0.25) is 0 Å². The fraction of sp³-hybridized carbons (Fsp3) is 0.143. The molecule has 0 amide bonds. The van der Waals surface area contributed by atoms with Gasteiger partial charge in [0.2, 0.25) is 0 Å². The van der Waals surface area contributed by atoms with Gasteiger partial charge in [-0.05, 0) is 30.4 Å². The Labute approximate surface area is 150 Å². The molecule has 0 spiro atoms. The molecule has 0 aliphatic rings. The molecule has 0 unspecified atom stereocenters. The van der Waals surface area contributed by atoms with Gasteiger partial charge in [0.15, 0.2) is 5.11 Å². The van der Waals surface area contributed by atoms with E-state index in [2.05, 4.69) is 15.8 Å². The van der Waals surface area contributed by atoms with E-state index in [0.29, 0.717) is 23.3 Å². The number of nitrogens with one attached hydrogen (secondary N) is 2. The number of halogens is 2. The van der Waals surface area contributed by atoms with Gasteiger partial charge in [-0.1, -0.05) is 23.9 Å². The normalized spacial score (nSPS) is 11.0. The van der Waals surface area contributed by atoms with Gasteiger partial charge in [0.05, 0.1) is 16.9 Å². The predicted octanol–water partition coefficient (Wildman–Crippen LogP) is 3.96. The van der Waals surface area contributed by atoms with Crippen LogP contribution < -0.4 is 10.7 Å². The number of thiocarbonyl (C=S) groups is 1. The van der Waals surface area contributed by atoms with Gasteiger partial charge in [0.25, 0.3) is 11.4 Å². The number of benzene rings is 1. The Morgan fingerprint density at radius 3 is 2.88 bits per heavy atom. The van der Waals surface area contributed by atoms with Crippen molar-refractivity contribution in [1.82, 2.24) is 5.43 Å². The monoisotopic (exact) mass is 386 g/mol. The minimum absolute atomic E-state index is 0.0468. The number of anilines is 1. The van der Waals surface area contributed by atoms with Crippen LogP contribution in [-0.4, -0.2) is 22.0 Å². The van der Waals surface area contributed by atoms with Crippen LogP contribution >= 0.6 is 24.0 Å². The van der Waals surface area contributed by atoms with Gasteiger partial charge in [-0.2, -0.15) is 13.9 Å². The minimum atomic E-state index is -2.46. The van der Waals surface area contributed by atoms with Gasteiger partial charge in [-0.15, -0.1) is 0 Å². The molecule has 0 bridgehead atoms. The maximum absolute atomic E-state index is 12.1. The summed E-state index contributed by atoms with van der Waals surface area (Å²) in [4.78, 5) is 10.4. The second-order valence-corrected chi connectivity index (χ2v) is 5.86. The lowest BCUT2D eigenvalue weighted by Crippen LogP contribution is -2.24. The second-order valence-electron chi connectivity index (χ2n) is 4.47. The lowest BCUT2D eigenvalue weighted by atomic mass is 10.3. The topological polar surface area (TPSA) is 92.7 Å². The van der Waals surface area contributed by atoms with Crippen LogP contribution in [0.4, 0.5) is 20.2 Å². The van der Waals surface area contributed by atoms with E-state index in [1.807, 2.05) is 0 Å². The van der Waals surface area contributed by atoms with E-state index in [9.17, 15) is 18.9 Å². The molecule has 0 saturated heterocycles. The number of hydrogen-bond donors (Lipinski definition) is 2. The molecule has 2 aromatic rings. The predicted molar refractivity (Wildman–Crippen MR) is 96.1 cm³/mol. The summed E-state index contributed by atoms with van der Waals surface area (Å²) in [5.41, 5.74) is 2.59. The van der Waals surface area contributed by atoms with Gasteiger partial charge in [0, 0.05) is 6.07 Å². The third-order valence-electron chi connectivity index (χ3n) is 2.74. The Bertz CT molecular complexity index is 783. The molecular formula is C14H12F2N4O3S2. The Hall–Kier alpha value is -2.53. The highest BCUT2D eigenvalue weighted by molar-refractivity contribution is 7.98. The number of furan rings is 1. The summed E-state index contributed by atoms with van der Waals surface area (Å²) in [6, 6.07) is 9.17. The molecule has 0 atom stereocenters. The Balaban J connectivity index is 1.88. The summed E-state index contributed by atoms with van der Waals surface area (Å²) < 4.78 is 29.5. The summed E-state index contributed by atoms with van der Waals surface area (Å²) >= 11 is 5.46. The molecule has 1 aromatic carbocycles. The smallest absolute Gasteiger partial charge is 0.292 e. The molecule has 0 aliphatic carbocycles. The first kappa shape index (κ1) is 18.8. The molecule has 25 heavy (non-hydrogen) atoms. The van der Waals surface area contributed by atoms with Crippen molar-refractivity contribution in [3.05, 3.63) is 58.0 Å². The number of hydrogen-bond acceptors (Lipinski definition) is 6. The van der Waals surface area contributed by atoms with Crippen LogP contribution in [0.15, 0.2) is 45.9 Å². The highest BCUT2D eigenvalue weighted by Gasteiger charge is 2.12. The first-order valence-electron chi connectivity index (χ1n) is 6.77. The van der Waals surface area contributed by atoms with Gasteiger partial charge in [-0.25, -0.2) is 0 Å². The van der Waals surface area contributed by atoms with Crippen molar-refractivity contribution >= 4 is 46.7 Å². The van der Waals surface area contributed by atoms with Crippen molar-refractivity contribution in [3.63, 3.8) is 0 Å². The standard InChI is InChI=1S/C14H12F2N4O3S2/c15-13(16)25-8-10-6-5-9(23-10)7-17-19-14(24)18-11-3-1-2-4-12(11)20(21)22/h1-7,13H,8H2,(H2,18,19,24)/b17-7-. The van der Waals surface area contributed by atoms with Crippen molar-refractivity contribution in [2.75, 3.05) is 5.32 Å². The fourth-order valence-corrected chi connectivity index (χ4v) is 2.34. The summed E-state index contributed by atoms with van der Waals surface area (Å²) in [5.74, 6) is -1.66. The van der Waals surface area contributed by atoms with E-state index in [4.69, 9.17) is 16.6 Å². The number of nitrogens with zero attached hydrogens (tertiary/aromatic N) is 2. The third-order valence-corrected chi connectivity index (χ3v) is 3.64. The van der Waals surface area contributed by atoms with E-state index in [1.54, 1.807) is 24.3 Å². The molecule has 132 valence electrons. The lowest BCUT2D eigenvalue weighted by molar-refractivity contribution is -0.383. The maximum Gasteiger partial charge on any atom is 0.292 e. The highest BCUT2D eigenvalue weighted by Crippen LogP contribution is 2.23. The Morgan fingerprint density at radius 2 is 2.16 bits per heavy atom. The van der Waals surface area contributed by atoms with Gasteiger partial charge in [-0.3, -0.25) is 15.5 Å². The van der Waals surface area contributed by atoms with Crippen LogP contribution in [0.5, 0.6) is 0 Å². The van der Waals surface area contributed by atoms with Crippen molar-refractivity contribution in [1.29, 1.82) is 0 Å². The average molecular weight is 386 g/mol. The van der Waals surface area contributed by atoms with Crippen LogP contribution in [0.25, 0.3) is 0 Å². The summed E-state index contributed by atoms with van der Waals surface area (Å²) in [5, 5.41) is 17.4. The number of para-hydroxylation sites is 2. The van der Waals surface area contributed by atoms with E-state index in [0.717, 1.165) is 0 Å². The zero-order valence-electron chi connectivity index (χ0n) is 12.5. The number of rotatable bonds is 7. The van der Waals surface area contributed by atoms with E-state index < -0.39 is 10.7 Å². The van der Waals surface area contributed by atoms with Crippen LogP contribution in [0, 0.1) is 10.1 Å². The second kappa shape index (κ2) is 9.08. The first-order chi connectivity index (χ1) is 12.0. The molecule has 11 heteroatoms. The number of alkyl halides is 2. The Morgan fingerprint density at radius 1 is 1.40 bits per heavy atom. The van der Waals surface area contributed by atoms with Gasteiger partial charge >= 0.3 is 0 Å². The molecule has 7 nitrogen and oxygen atoms in total. The largest absolute Gasteiger partial charge is 0.459 e. The lowest BCUT2D eigenvalue weighted by Gasteiger charge is -2.06. The highest BCUT2D eigenvalue weighted by atomic mass is 32.2. The van der Waals surface area contributed by atoms with Crippen molar-refractivity contribution in [2.24, 2.45) is 5.10 Å². The van der Waals surface area contributed by atoms with E-state index in [1.165, 1.54) is 18.3 Å². The Kier molecular flexibility index (Phi) is 6.83. The molecule has 0 aliphatic heterocycles. The van der Waals surface area contributed by atoms with Crippen LogP contribution in [0.3, 0.4) is 0 Å². The molecule has 0 fully saturated rings. The number of thioether (sulfide) groups is 1. The van der Waals surface area contributed by atoms with E-state index in [-0.39, 0.29) is 22.2 Å². The average Bonchev–Trinajstić information content (AvgIpc) is 3.01. The summed E-state index contributed by atoms with van der Waals surface area (Å²) in [6.45, 7) is 0. The molecule has 1 aromatic heterocycles. The van der Waals surface area contributed by atoms with E-state index >= 15 is 0 Å². The SMILES string of the molecule is O=[N+]([O-])c1ccccc1NC(=S)N/N=C\c1ccc(CSC(F)F)o1. The molecule has 2 rings (SSSR count). The van der Waals surface area contributed by atoms with Gasteiger partial charge in [0.1, 0.15) is 17.2 Å². The zero-order chi connectivity index (χ0) is 18.2. The number of nitro groups is 1. The maximum atomic E-state index is 12.1. The summed E-state index contributed by atoms with van der Waals surface area (Å²) in [7, 11) is 0. The van der Waals surface area contributed by atoms with Crippen molar-refractivity contribution in [2.45, 2.75) is 11.5 Å². The van der Waals surface area contributed by atoms with Crippen molar-refractivity contribution < 1.29 is 18.1 Å². The quantitative estimate of drug-likeness (QED) is 0.322. The van der Waals surface area contributed by atoms with Crippen LogP contribution in [0.1, 0.15) is 11.5 Å². The molecule has 1 heterocycles. The minimum Gasteiger partial charge on any atom is -0.459 e. The molecule has 0 radical (unpaired) electrons. The fourth-order valence-electron chi connectivity index (χ4n) is 1.73. The van der Waals surface area contributed by atoms with Gasteiger partial charge < -0.3 is 9.73 Å². The first-order valence-corrected chi connectivity index (χ1v) is 8.23. The zero-order valence-corrected chi connectivity index (χ0v) is 14.2. The number of hydrazone groups is 1. The summed E-state index contributed by atoms with van der Waals surface area (Å²) in [6.07, 6.45) is 1.31.